The number of hydrogen-bond acceptors (Lipinski definition) is 10. The Labute approximate surface area is 260 Å². The van der Waals surface area contributed by atoms with Gasteiger partial charge in [0.05, 0.1) is 31.5 Å². The van der Waals surface area contributed by atoms with Crippen molar-refractivity contribution < 1.29 is 38.4 Å². The predicted octanol–water partition coefficient (Wildman–Crippen LogP) is 3.54. The van der Waals surface area contributed by atoms with Gasteiger partial charge in [0, 0.05) is 35.3 Å². The molecular formula is C32H37N5O8. The Kier molecular flexibility index (Phi) is 10.5. The van der Waals surface area contributed by atoms with E-state index in [4.69, 9.17) is 18.9 Å². The highest BCUT2D eigenvalue weighted by atomic mass is 16.5. The number of benzene rings is 2. The van der Waals surface area contributed by atoms with E-state index in [-0.39, 0.29) is 18.1 Å². The number of nitrogens with one attached hydrogen (secondary N) is 3. The molecular weight excluding hydrogens is 582 g/mol. The van der Waals surface area contributed by atoms with Crippen LogP contribution in [0.25, 0.3) is 5.69 Å². The molecule has 1 aliphatic heterocycles. The minimum Gasteiger partial charge on any atom is -0.490 e. The van der Waals surface area contributed by atoms with E-state index in [0.29, 0.717) is 35.1 Å². The van der Waals surface area contributed by atoms with E-state index < -0.39 is 24.3 Å². The second-order valence-corrected chi connectivity index (χ2v) is 10.2. The SMILES string of the molecule is CCOc1cc([C@H]2NC(=O)NC(C)=C2C(=O)OC)ccc1OC[C@H](O)N/N=C\c1cc(C)n(-c2ccc(OC(C)=O)cc2)c1C. The molecule has 4 rings (SSSR count). The van der Waals surface area contributed by atoms with Crippen LogP contribution in [0.4, 0.5) is 4.79 Å². The van der Waals surface area contributed by atoms with Crippen LogP contribution >= 0.6 is 0 Å². The number of nitrogens with zero attached hydrogens (tertiary/aromatic N) is 2. The molecule has 0 spiro atoms. The summed E-state index contributed by atoms with van der Waals surface area (Å²) >= 11 is 0. The molecule has 1 aliphatic rings. The predicted molar refractivity (Wildman–Crippen MR) is 166 cm³/mol. The summed E-state index contributed by atoms with van der Waals surface area (Å²) in [4.78, 5) is 35.8. The van der Waals surface area contributed by atoms with Crippen molar-refractivity contribution in [2.45, 2.75) is 46.9 Å². The molecule has 0 radical (unpaired) electrons. The number of carbonyl (C=O) groups is 3. The van der Waals surface area contributed by atoms with Crippen molar-refractivity contribution in [3.63, 3.8) is 0 Å². The lowest BCUT2D eigenvalue weighted by Gasteiger charge is -2.28. The van der Waals surface area contributed by atoms with Crippen molar-refractivity contribution >= 4 is 24.2 Å². The summed E-state index contributed by atoms with van der Waals surface area (Å²) in [5, 5.41) is 20.0. The van der Waals surface area contributed by atoms with Gasteiger partial charge in [-0.3, -0.25) is 10.2 Å². The summed E-state index contributed by atoms with van der Waals surface area (Å²) in [6.45, 7) is 8.89. The van der Waals surface area contributed by atoms with Crippen LogP contribution in [0.1, 0.15) is 49.3 Å². The van der Waals surface area contributed by atoms with Gasteiger partial charge in [0.15, 0.2) is 17.7 Å². The van der Waals surface area contributed by atoms with Gasteiger partial charge in [0.2, 0.25) is 0 Å². The number of allylic oxidation sites excluding steroid dienone is 1. The lowest BCUT2D eigenvalue weighted by atomic mass is 9.95. The van der Waals surface area contributed by atoms with Crippen LogP contribution in [0.5, 0.6) is 17.2 Å². The molecule has 0 aliphatic carbocycles. The van der Waals surface area contributed by atoms with E-state index in [2.05, 4.69) is 21.2 Å². The summed E-state index contributed by atoms with van der Waals surface area (Å²) < 4.78 is 23.7. The van der Waals surface area contributed by atoms with Gasteiger partial charge in [-0.25, -0.2) is 9.59 Å². The molecule has 13 nitrogen and oxygen atoms in total. The van der Waals surface area contributed by atoms with Crippen molar-refractivity contribution in [1.29, 1.82) is 0 Å². The van der Waals surface area contributed by atoms with Crippen molar-refractivity contribution in [3.05, 3.63) is 82.3 Å². The monoisotopic (exact) mass is 619 g/mol. The molecule has 238 valence electrons. The van der Waals surface area contributed by atoms with Crippen LogP contribution in [0.15, 0.2) is 64.9 Å². The Morgan fingerprint density at radius 2 is 1.82 bits per heavy atom. The number of aromatic nitrogens is 1. The number of rotatable bonds is 12. The molecule has 0 bridgehead atoms. The maximum absolute atomic E-state index is 12.5. The maximum atomic E-state index is 12.5. The second kappa shape index (κ2) is 14.4. The smallest absolute Gasteiger partial charge is 0.337 e. The summed E-state index contributed by atoms with van der Waals surface area (Å²) in [6, 6.07) is 12.9. The number of ether oxygens (including phenoxy) is 4. The first-order valence-electron chi connectivity index (χ1n) is 14.2. The Bertz CT molecular complexity index is 1630. The second-order valence-electron chi connectivity index (χ2n) is 10.2. The van der Waals surface area contributed by atoms with Gasteiger partial charge in [0.25, 0.3) is 0 Å². The fourth-order valence-electron chi connectivity index (χ4n) is 4.96. The zero-order valence-electron chi connectivity index (χ0n) is 26.0. The number of hydrogen-bond donors (Lipinski definition) is 4. The molecule has 2 atom stereocenters. The number of aliphatic hydroxyl groups excluding tert-OH is 1. The fourth-order valence-corrected chi connectivity index (χ4v) is 4.96. The van der Waals surface area contributed by atoms with Crippen LogP contribution in [-0.2, 0) is 14.3 Å². The van der Waals surface area contributed by atoms with E-state index >= 15 is 0 Å². The Hall–Kier alpha value is -5.30. The van der Waals surface area contributed by atoms with Gasteiger partial charge < -0.3 is 39.3 Å². The third kappa shape index (κ3) is 7.81. The van der Waals surface area contributed by atoms with Crippen molar-refractivity contribution in [3.8, 4) is 22.9 Å². The lowest BCUT2D eigenvalue weighted by molar-refractivity contribution is -0.136. The van der Waals surface area contributed by atoms with Crippen molar-refractivity contribution in [2.24, 2.45) is 5.10 Å². The number of hydrazone groups is 1. The number of aliphatic hydroxyl groups is 1. The molecule has 2 amide bonds. The van der Waals surface area contributed by atoms with Gasteiger partial charge in [-0.2, -0.15) is 5.10 Å². The normalized spacial score (nSPS) is 15.3. The molecule has 0 saturated heterocycles. The van der Waals surface area contributed by atoms with Gasteiger partial charge in [-0.05, 0) is 75.7 Å². The van der Waals surface area contributed by atoms with E-state index in [0.717, 1.165) is 22.6 Å². The first-order chi connectivity index (χ1) is 21.5. The number of esters is 2. The molecule has 0 saturated carbocycles. The molecule has 45 heavy (non-hydrogen) atoms. The standard InChI is InChI=1S/C32H37N5O8/c1-7-43-27-15-22(30-29(31(40)42-6)19(3)34-32(41)35-30)8-13-26(27)44-17-28(39)36-33-16-23-14-18(2)37(20(23)4)24-9-11-25(12-10-24)45-21(5)38/h8-16,28,30,36,39H,7,17H2,1-6H3,(H2,34,35,41)/b33-16-/t28-,30+/m0/s1. The van der Waals surface area contributed by atoms with E-state index in [9.17, 15) is 19.5 Å². The van der Waals surface area contributed by atoms with Crippen molar-refractivity contribution in [1.82, 2.24) is 20.6 Å². The zero-order chi connectivity index (χ0) is 32.7. The molecule has 2 aromatic carbocycles. The molecule has 3 aromatic rings. The van der Waals surface area contributed by atoms with E-state index in [1.54, 1.807) is 43.5 Å². The molecule has 4 N–H and O–H groups in total. The number of aryl methyl sites for hydroxylation is 1. The number of carbonyl (C=O) groups excluding carboxylic acids is 3. The largest absolute Gasteiger partial charge is 0.490 e. The number of amides is 2. The highest BCUT2D eigenvalue weighted by Crippen LogP contribution is 2.35. The van der Waals surface area contributed by atoms with Crippen LogP contribution < -0.4 is 30.3 Å². The van der Waals surface area contributed by atoms with Gasteiger partial charge in [-0.15, -0.1) is 0 Å². The quantitative estimate of drug-likeness (QED) is 0.0781. The average Bonchev–Trinajstić information content (AvgIpc) is 3.28. The number of methoxy groups -OCH3 is 1. The molecule has 1 aromatic heterocycles. The maximum Gasteiger partial charge on any atom is 0.337 e. The van der Waals surface area contributed by atoms with Crippen LogP contribution in [0, 0.1) is 13.8 Å². The van der Waals surface area contributed by atoms with E-state index in [1.165, 1.54) is 14.0 Å². The van der Waals surface area contributed by atoms with Gasteiger partial charge in [0.1, 0.15) is 12.4 Å². The van der Waals surface area contributed by atoms with Crippen LogP contribution in [0.3, 0.4) is 0 Å². The summed E-state index contributed by atoms with van der Waals surface area (Å²) in [7, 11) is 1.27. The first-order valence-corrected chi connectivity index (χ1v) is 14.2. The first kappa shape index (κ1) is 32.6. The highest BCUT2D eigenvalue weighted by molar-refractivity contribution is 5.95. The highest BCUT2D eigenvalue weighted by Gasteiger charge is 2.32. The Morgan fingerprint density at radius 1 is 1.09 bits per heavy atom. The summed E-state index contributed by atoms with van der Waals surface area (Å²) in [5.74, 6) is 0.239. The average molecular weight is 620 g/mol. The third-order valence-electron chi connectivity index (χ3n) is 6.93. The van der Waals surface area contributed by atoms with E-state index in [1.807, 2.05) is 43.5 Å². The topological polar surface area (TPSA) is 162 Å². The number of urea groups is 1. The van der Waals surface area contributed by atoms with Gasteiger partial charge in [-0.1, -0.05) is 6.07 Å². The van der Waals surface area contributed by atoms with Crippen LogP contribution in [0.2, 0.25) is 0 Å². The summed E-state index contributed by atoms with van der Waals surface area (Å²) in [5.41, 5.74) is 7.54. The zero-order valence-corrected chi connectivity index (χ0v) is 26.0. The third-order valence-corrected chi connectivity index (χ3v) is 6.93. The molecule has 0 fully saturated rings. The van der Waals surface area contributed by atoms with Crippen LogP contribution in [-0.4, -0.2) is 60.4 Å². The molecule has 13 heteroatoms. The minimum atomic E-state index is -1.15. The lowest BCUT2D eigenvalue weighted by Crippen LogP contribution is -2.45. The Balaban J connectivity index is 1.41. The Morgan fingerprint density at radius 3 is 2.49 bits per heavy atom. The molecule has 2 heterocycles. The molecule has 0 unspecified atom stereocenters. The summed E-state index contributed by atoms with van der Waals surface area (Å²) in [6.07, 6.45) is 0.463. The van der Waals surface area contributed by atoms with Crippen molar-refractivity contribution in [2.75, 3.05) is 20.3 Å². The fraction of sp³-hybridized carbons (Fsp3) is 0.312. The van der Waals surface area contributed by atoms with Gasteiger partial charge >= 0.3 is 18.0 Å². The minimum absolute atomic E-state index is 0.152.